The number of benzene rings is 1. The van der Waals surface area contributed by atoms with Gasteiger partial charge in [0.05, 0.1) is 0 Å². The second-order valence-electron chi connectivity index (χ2n) is 3.81. The summed E-state index contributed by atoms with van der Waals surface area (Å²) in [5, 5.41) is 2.45. The Bertz CT molecular complexity index is 376. The lowest BCUT2D eigenvalue weighted by Crippen LogP contribution is -2.31. The Kier molecular flexibility index (Phi) is 5.03. The highest BCUT2D eigenvalue weighted by molar-refractivity contribution is 5.94. The quantitative estimate of drug-likeness (QED) is 0.827. The second-order valence-corrected chi connectivity index (χ2v) is 3.81. The van der Waals surface area contributed by atoms with E-state index in [4.69, 9.17) is 5.73 Å². The summed E-state index contributed by atoms with van der Waals surface area (Å²) in [6.07, 6.45) is 1.38. The highest BCUT2D eigenvalue weighted by Crippen LogP contribution is 2.11. The first-order chi connectivity index (χ1) is 8.06. The Labute approximate surface area is 99.0 Å². The minimum atomic E-state index is -0.859. The zero-order valence-electron chi connectivity index (χ0n) is 9.67. The van der Waals surface area contributed by atoms with Crippen LogP contribution in [0.5, 0.6) is 0 Å². The van der Waals surface area contributed by atoms with Crippen LogP contribution in [-0.2, 0) is 0 Å². The molecule has 0 saturated heterocycles. The second kappa shape index (κ2) is 6.30. The van der Waals surface area contributed by atoms with Gasteiger partial charge in [0.2, 0.25) is 0 Å². The molecular weight excluding hydrogens is 226 g/mol. The molecule has 1 atom stereocenters. The van der Waals surface area contributed by atoms with Gasteiger partial charge in [0.25, 0.3) is 5.91 Å². The van der Waals surface area contributed by atoms with E-state index in [1.165, 1.54) is 6.07 Å². The van der Waals surface area contributed by atoms with Crippen molar-refractivity contribution in [2.75, 3.05) is 6.54 Å². The van der Waals surface area contributed by atoms with Crippen LogP contribution in [0.3, 0.4) is 0 Å². The fraction of sp³-hybridized carbons (Fsp3) is 0.417. The molecule has 0 heterocycles. The van der Waals surface area contributed by atoms with E-state index < -0.39 is 23.1 Å². The van der Waals surface area contributed by atoms with Gasteiger partial charge in [-0.2, -0.15) is 0 Å². The molecule has 1 unspecified atom stereocenters. The molecule has 94 valence electrons. The molecule has 3 nitrogen and oxygen atoms in total. The average Bonchev–Trinajstić information content (AvgIpc) is 2.28. The molecule has 1 rings (SSSR count). The minimum Gasteiger partial charge on any atom is -0.352 e. The van der Waals surface area contributed by atoms with Gasteiger partial charge in [0.15, 0.2) is 0 Å². The highest BCUT2D eigenvalue weighted by atomic mass is 19.1. The maximum atomic E-state index is 13.2. The minimum absolute atomic E-state index is 0.0132. The molecule has 1 aromatic rings. The molecule has 0 aliphatic rings. The number of hydrogen-bond donors (Lipinski definition) is 2. The van der Waals surface area contributed by atoms with Crippen LogP contribution in [0, 0.1) is 11.6 Å². The number of nitrogens with one attached hydrogen (secondary N) is 1. The molecule has 0 saturated carbocycles. The monoisotopic (exact) mass is 242 g/mol. The van der Waals surface area contributed by atoms with Gasteiger partial charge in [0.1, 0.15) is 17.2 Å². The van der Waals surface area contributed by atoms with Gasteiger partial charge in [-0.25, -0.2) is 8.78 Å². The van der Waals surface area contributed by atoms with Crippen LogP contribution in [0.4, 0.5) is 8.78 Å². The predicted octanol–water partition coefficient (Wildman–Crippen LogP) is 1.82. The van der Waals surface area contributed by atoms with E-state index in [2.05, 4.69) is 5.32 Å². The SMILES string of the molecule is CCC(N)CCNC(=O)c1c(F)cccc1F. The molecule has 1 amide bonds. The Morgan fingerprint density at radius 1 is 1.41 bits per heavy atom. The van der Waals surface area contributed by atoms with Crippen LogP contribution in [0.25, 0.3) is 0 Å². The van der Waals surface area contributed by atoms with E-state index in [9.17, 15) is 13.6 Å². The number of rotatable bonds is 5. The first-order valence-corrected chi connectivity index (χ1v) is 5.54. The summed E-state index contributed by atoms with van der Waals surface area (Å²) in [6, 6.07) is 3.31. The smallest absolute Gasteiger partial charge is 0.257 e. The molecule has 0 aliphatic heterocycles. The fourth-order valence-electron chi connectivity index (χ4n) is 1.38. The van der Waals surface area contributed by atoms with E-state index in [0.717, 1.165) is 18.6 Å². The number of nitrogens with two attached hydrogens (primary N) is 1. The fourth-order valence-corrected chi connectivity index (χ4v) is 1.38. The third-order valence-corrected chi connectivity index (χ3v) is 2.51. The van der Waals surface area contributed by atoms with Crippen LogP contribution in [0.1, 0.15) is 30.1 Å². The number of halogens is 2. The third kappa shape index (κ3) is 3.78. The van der Waals surface area contributed by atoms with Crippen molar-refractivity contribution in [3.05, 3.63) is 35.4 Å². The summed E-state index contributed by atoms with van der Waals surface area (Å²) in [5.41, 5.74) is 5.11. The van der Waals surface area contributed by atoms with Crippen molar-refractivity contribution in [3.63, 3.8) is 0 Å². The van der Waals surface area contributed by atoms with Gasteiger partial charge < -0.3 is 11.1 Å². The predicted molar refractivity (Wildman–Crippen MR) is 61.6 cm³/mol. The molecule has 0 aromatic heterocycles. The maximum absolute atomic E-state index is 13.2. The van der Waals surface area contributed by atoms with Crippen LogP contribution in [-0.4, -0.2) is 18.5 Å². The largest absolute Gasteiger partial charge is 0.352 e. The molecule has 0 radical (unpaired) electrons. The van der Waals surface area contributed by atoms with Crippen LogP contribution < -0.4 is 11.1 Å². The summed E-state index contributed by atoms with van der Waals surface area (Å²) in [7, 11) is 0. The maximum Gasteiger partial charge on any atom is 0.257 e. The van der Waals surface area contributed by atoms with Crippen LogP contribution in [0.2, 0.25) is 0 Å². The van der Waals surface area contributed by atoms with Crippen molar-refractivity contribution in [1.82, 2.24) is 5.32 Å². The van der Waals surface area contributed by atoms with Crippen molar-refractivity contribution in [2.45, 2.75) is 25.8 Å². The number of carbonyl (C=O) groups excluding carboxylic acids is 1. The van der Waals surface area contributed by atoms with E-state index in [1.54, 1.807) is 0 Å². The molecule has 1 aromatic carbocycles. The molecule has 17 heavy (non-hydrogen) atoms. The van der Waals surface area contributed by atoms with Gasteiger partial charge >= 0.3 is 0 Å². The summed E-state index contributed by atoms with van der Waals surface area (Å²) in [4.78, 5) is 11.5. The molecule has 0 aliphatic carbocycles. The standard InChI is InChI=1S/C12H16F2N2O/c1-2-8(15)6-7-16-12(17)11-9(13)4-3-5-10(11)14/h3-5,8H,2,6-7,15H2,1H3,(H,16,17). The Morgan fingerprint density at radius 2 is 2.00 bits per heavy atom. The van der Waals surface area contributed by atoms with Crippen LogP contribution >= 0.6 is 0 Å². The van der Waals surface area contributed by atoms with Crippen molar-refractivity contribution >= 4 is 5.91 Å². The van der Waals surface area contributed by atoms with Crippen molar-refractivity contribution in [2.24, 2.45) is 5.73 Å². The van der Waals surface area contributed by atoms with Gasteiger partial charge in [-0.3, -0.25) is 4.79 Å². The van der Waals surface area contributed by atoms with E-state index in [1.807, 2.05) is 6.92 Å². The van der Waals surface area contributed by atoms with Crippen molar-refractivity contribution < 1.29 is 13.6 Å². The van der Waals surface area contributed by atoms with Gasteiger partial charge in [0, 0.05) is 12.6 Å². The average molecular weight is 242 g/mol. The van der Waals surface area contributed by atoms with Crippen molar-refractivity contribution in [3.8, 4) is 0 Å². The first kappa shape index (κ1) is 13.6. The van der Waals surface area contributed by atoms with Gasteiger partial charge in [-0.15, -0.1) is 0 Å². The normalized spacial score (nSPS) is 12.2. The summed E-state index contributed by atoms with van der Waals surface area (Å²) < 4.78 is 26.5. The van der Waals surface area contributed by atoms with E-state index >= 15 is 0 Å². The molecular formula is C12H16F2N2O. The molecule has 0 fully saturated rings. The lowest BCUT2D eigenvalue weighted by atomic mass is 10.1. The Hall–Kier alpha value is -1.49. The zero-order chi connectivity index (χ0) is 12.8. The zero-order valence-corrected chi connectivity index (χ0v) is 9.67. The van der Waals surface area contributed by atoms with Crippen molar-refractivity contribution in [1.29, 1.82) is 0 Å². The lowest BCUT2D eigenvalue weighted by Gasteiger charge is -2.10. The topological polar surface area (TPSA) is 55.1 Å². The molecule has 0 bridgehead atoms. The summed E-state index contributed by atoms with van der Waals surface area (Å²) in [6.45, 7) is 2.24. The summed E-state index contributed by atoms with van der Waals surface area (Å²) >= 11 is 0. The van der Waals surface area contributed by atoms with Gasteiger partial charge in [-0.1, -0.05) is 13.0 Å². The third-order valence-electron chi connectivity index (χ3n) is 2.51. The van der Waals surface area contributed by atoms with E-state index in [-0.39, 0.29) is 6.04 Å². The number of carbonyl (C=O) groups is 1. The number of hydrogen-bond acceptors (Lipinski definition) is 2. The Balaban J connectivity index is 2.59. The summed E-state index contributed by atoms with van der Waals surface area (Å²) in [5.74, 6) is -2.46. The molecule has 3 N–H and O–H groups in total. The first-order valence-electron chi connectivity index (χ1n) is 5.54. The molecule has 0 spiro atoms. The highest BCUT2D eigenvalue weighted by Gasteiger charge is 2.16. The van der Waals surface area contributed by atoms with E-state index in [0.29, 0.717) is 13.0 Å². The van der Waals surface area contributed by atoms with Gasteiger partial charge in [-0.05, 0) is 25.0 Å². The Morgan fingerprint density at radius 3 is 2.53 bits per heavy atom. The molecule has 5 heteroatoms. The number of amides is 1. The van der Waals surface area contributed by atoms with Crippen LogP contribution in [0.15, 0.2) is 18.2 Å². The lowest BCUT2D eigenvalue weighted by molar-refractivity contribution is 0.0944.